The summed E-state index contributed by atoms with van der Waals surface area (Å²) in [5.74, 6) is 0.159. The number of hydrogen-bond acceptors (Lipinski definition) is 3. The number of para-hydroxylation sites is 1. The number of benzene rings is 2. The summed E-state index contributed by atoms with van der Waals surface area (Å²) in [5, 5.41) is 2.95. The van der Waals surface area contributed by atoms with E-state index in [0.29, 0.717) is 11.3 Å². The van der Waals surface area contributed by atoms with Gasteiger partial charge in [0.05, 0.1) is 5.56 Å². The van der Waals surface area contributed by atoms with Crippen molar-refractivity contribution < 1.29 is 14.3 Å². The highest BCUT2D eigenvalue weighted by atomic mass is 16.5. The maximum atomic E-state index is 12.8. The van der Waals surface area contributed by atoms with Crippen LogP contribution in [0.2, 0.25) is 0 Å². The number of likely N-dealkylation sites (tertiary alicyclic amines) is 1. The number of amides is 2. The Bertz CT molecular complexity index is 839. The average Bonchev–Trinajstić information content (AvgIpc) is 2.99. The number of carbonyl (C=O) groups is 2. The number of nitrogens with zero attached hydrogens (tertiary/aromatic N) is 1. The van der Waals surface area contributed by atoms with E-state index in [1.54, 1.807) is 24.3 Å². The number of hydrogen-bond donors (Lipinski definition) is 1. The molecule has 2 aromatic carbocycles. The lowest BCUT2D eigenvalue weighted by molar-refractivity contribution is -0.133. The van der Waals surface area contributed by atoms with E-state index in [0.717, 1.165) is 42.7 Å². The van der Waals surface area contributed by atoms with E-state index in [2.05, 4.69) is 5.32 Å². The lowest BCUT2D eigenvalue weighted by Gasteiger charge is -2.20. The number of nitrogens with one attached hydrogen (secondary N) is 1. The second-order valence-electron chi connectivity index (χ2n) is 7.28. The van der Waals surface area contributed by atoms with Gasteiger partial charge >= 0.3 is 0 Å². The minimum Gasteiger partial charge on any atom is -0.483 e. The first kappa shape index (κ1) is 19.9. The largest absolute Gasteiger partial charge is 0.483 e. The average molecular weight is 380 g/mol. The zero-order valence-corrected chi connectivity index (χ0v) is 16.7. The first-order chi connectivity index (χ1) is 13.6. The van der Waals surface area contributed by atoms with Gasteiger partial charge in [0.2, 0.25) is 0 Å². The number of rotatable bonds is 5. The molecule has 1 N–H and O–H groups in total. The molecule has 0 bridgehead atoms. The van der Waals surface area contributed by atoms with Crippen molar-refractivity contribution in [2.75, 3.05) is 25.0 Å². The predicted octanol–water partition coefficient (Wildman–Crippen LogP) is 4.34. The molecule has 1 heterocycles. The zero-order chi connectivity index (χ0) is 19.9. The molecule has 0 atom stereocenters. The minimum absolute atomic E-state index is 0.0216. The highest BCUT2D eigenvalue weighted by Gasteiger charge is 2.18. The Morgan fingerprint density at radius 1 is 0.964 bits per heavy atom. The monoisotopic (exact) mass is 380 g/mol. The molecule has 0 unspecified atom stereocenters. The molecule has 5 heteroatoms. The first-order valence-corrected chi connectivity index (χ1v) is 9.93. The van der Waals surface area contributed by atoms with Crippen LogP contribution in [0.3, 0.4) is 0 Å². The number of ether oxygens (including phenoxy) is 1. The molecule has 1 aliphatic heterocycles. The van der Waals surface area contributed by atoms with Crippen LogP contribution in [0.5, 0.6) is 5.75 Å². The summed E-state index contributed by atoms with van der Waals surface area (Å²) < 4.78 is 5.75. The molecular weight excluding hydrogens is 352 g/mol. The van der Waals surface area contributed by atoms with Gasteiger partial charge in [-0.05, 0) is 56.0 Å². The van der Waals surface area contributed by atoms with Gasteiger partial charge in [-0.15, -0.1) is 0 Å². The third-order valence-electron chi connectivity index (χ3n) is 5.29. The van der Waals surface area contributed by atoms with Crippen LogP contribution in [0.15, 0.2) is 42.5 Å². The smallest absolute Gasteiger partial charge is 0.260 e. The molecule has 0 aliphatic carbocycles. The SMILES string of the molecule is Cc1cccc(NC(=O)c2ccccc2OCC(=O)N2CCCCCC2)c1C. The summed E-state index contributed by atoms with van der Waals surface area (Å²) >= 11 is 0. The molecule has 0 radical (unpaired) electrons. The van der Waals surface area contributed by atoms with Gasteiger partial charge in [-0.1, -0.05) is 37.1 Å². The summed E-state index contributed by atoms with van der Waals surface area (Å²) in [5.41, 5.74) is 3.35. The zero-order valence-electron chi connectivity index (χ0n) is 16.7. The number of anilines is 1. The van der Waals surface area contributed by atoms with Crippen LogP contribution in [0.25, 0.3) is 0 Å². The molecule has 5 nitrogen and oxygen atoms in total. The molecule has 3 rings (SSSR count). The lowest BCUT2D eigenvalue weighted by Crippen LogP contribution is -2.35. The fourth-order valence-corrected chi connectivity index (χ4v) is 3.41. The molecule has 2 amide bonds. The minimum atomic E-state index is -0.244. The van der Waals surface area contributed by atoms with Crippen LogP contribution in [-0.4, -0.2) is 36.4 Å². The van der Waals surface area contributed by atoms with E-state index < -0.39 is 0 Å². The van der Waals surface area contributed by atoms with Crippen LogP contribution in [0.1, 0.15) is 47.2 Å². The molecule has 28 heavy (non-hydrogen) atoms. The first-order valence-electron chi connectivity index (χ1n) is 9.93. The standard InChI is InChI=1S/C23H28N2O3/c1-17-10-9-12-20(18(17)2)24-23(27)19-11-5-6-13-21(19)28-16-22(26)25-14-7-3-4-8-15-25/h5-6,9-13H,3-4,7-8,14-16H2,1-2H3,(H,24,27). The molecule has 1 saturated heterocycles. The van der Waals surface area contributed by atoms with Gasteiger partial charge in [-0.3, -0.25) is 9.59 Å². The van der Waals surface area contributed by atoms with Crippen molar-refractivity contribution in [3.8, 4) is 5.75 Å². The molecule has 0 aromatic heterocycles. The maximum absolute atomic E-state index is 12.8. The maximum Gasteiger partial charge on any atom is 0.260 e. The second kappa shape index (κ2) is 9.40. The highest BCUT2D eigenvalue weighted by Crippen LogP contribution is 2.23. The van der Waals surface area contributed by atoms with E-state index in [1.165, 1.54) is 12.8 Å². The molecule has 0 saturated carbocycles. The van der Waals surface area contributed by atoms with Gasteiger partial charge in [0, 0.05) is 18.8 Å². The third-order valence-corrected chi connectivity index (χ3v) is 5.29. The van der Waals surface area contributed by atoms with Crippen LogP contribution in [0, 0.1) is 13.8 Å². The van der Waals surface area contributed by atoms with E-state index in [4.69, 9.17) is 4.74 Å². The van der Waals surface area contributed by atoms with Gasteiger partial charge in [-0.25, -0.2) is 0 Å². The van der Waals surface area contributed by atoms with Crippen molar-refractivity contribution in [2.24, 2.45) is 0 Å². The van der Waals surface area contributed by atoms with Crippen molar-refractivity contribution in [1.82, 2.24) is 4.90 Å². The second-order valence-corrected chi connectivity index (χ2v) is 7.28. The molecule has 1 aliphatic rings. The van der Waals surface area contributed by atoms with Gasteiger partial charge < -0.3 is 15.0 Å². The summed E-state index contributed by atoms with van der Waals surface area (Å²) in [6, 6.07) is 12.9. The molecule has 148 valence electrons. The fourth-order valence-electron chi connectivity index (χ4n) is 3.41. The van der Waals surface area contributed by atoms with Crippen LogP contribution >= 0.6 is 0 Å². The summed E-state index contributed by atoms with van der Waals surface area (Å²) in [7, 11) is 0. The Morgan fingerprint density at radius 3 is 2.43 bits per heavy atom. The Hall–Kier alpha value is -2.82. The quantitative estimate of drug-likeness (QED) is 0.840. The van der Waals surface area contributed by atoms with Crippen LogP contribution in [-0.2, 0) is 4.79 Å². The normalized spacial score (nSPS) is 14.3. The van der Waals surface area contributed by atoms with Crippen LogP contribution < -0.4 is 10.1 Å². The van der Waals surface area contributed by atoms with Crippen molar-refractivity contribution in [3.63, 3.8) is 0 Å². The summed E-state index contributed by atoms with van der Waals surface area (Å²) in [4.78, 5) is 27.1. The Morgan fingerprint density at radius 2 is 1.68 bits per heavy atom. The Balaban J connectivity index is 1.67. The van der Waals surface area contributed by atoms with E-state index >= 15 is 0 Å². The summed E-state index contributed by atoms with van der Waals surface area (Å²) in [6.45, 7) is 5.52. The van der Waals surface area contributed by atoms with Crippen LogP contribution in [0.4, 0.5) is 5.69 Å². The fraction of sp³-hybridized carbons (Fsp3) is 0.391. The van der Waals surface area contributed by atoms with Crippen molar-refractivity contribution in [3.05, 3.63) is 59.2 Å². The van der Waals surface area contributed by atoms with Crippen molar-refractivity contribution >= 4 is 17.5 Å². The molecular formula is C23H28N2O3. The number of carbonyl (C=O) groups excluding carboxylic acids is 2. The van der Waals surface area contributed by atoms with E-state index in [9.17, 15) is 9.59 Å². The van der Waals surface area contributed by atoms with Gasteiger partial charge in [0.15, 0.2) is 6.61 Å². The van der Waals surface area contributed by atoms with Crippen molar-refractivity contribution in [2.45, 2.75) is 39.5 Å². The van der Waals surface area contributed by atoms with E-state index in [-0.39, 0.29) is 18.4 Å². The molecule has 2 aromatic rings. The van der Waals surface area contributed by atoms with Gasteiger partial charge in [0.25, 0.3) is 11.8 Å². The number of aryl methyl sites for hydroxylation is 1. The lowest BCUT2D eigenvalue weighted by atomic mass is 10.1. The third kappa shape index (κ3) is 4.91. The Kier molecular flexibility index (Phi) is 6.69. The van der Waals surface area contributed by atoms with Crippen molar-refractivity contribution in [1.29, 1.82) is 0 Å². The Labute approximate surface area is 166 Å². The summed E-state index contributed by atoms with van der Waals surface area (Å²) in [6.07, 6.45) is 4.43. The molecule has 1 fully saturated rings. The molecule has 0 spiro atoms. The van der Waals surface area contributed by atoms with Gasteiger partial charge in [-0.2, -0.15) is 0 Å². The topological polar surface area (TPSA) is 58.6 Å². The van der Waals surface area contributed by atoms with E-state index in [1.807, 2.05) is 36.9 Å². The highest BCUT2D eigenvalue weighted by molar-refractivity contribution is 6.06. The predicted molar refractivity (Wildman–Crippen MR) is 111 cm³/mol. The van der Waals surface area contributed by atoms with Gasteiger partial charge in [0.1, 0.15) is 5.75 Å².